The van der Waals surface area contributed by atoms with E-state index in [1.54, 1.807) is 0 Å². The number of fused-ring (bicyclic) bond motifs is 3. The molecule has 0 saturated heterocycles. The van der Waals surface area contributed by atoms with Crippen molar-refractivity contribution in [3.63, 3.8) is 0 Å². The fraction of sp³-hybridized carbons (Fsp3) is 0.258. The van der Waals surface area contributed by atoms with E-state index in [0.29, 0.717) is 29.9 Å². The van der Waals surface area contributed by atoms with Gasteiger partial charge in [-0.1, -0.05) is 47.9 Å². The first kappa shape index (κ1) is 24.5. The minimum atomic E-state index is 0.203. The number of hydrogen-bond acceptors (Lipinski definition) is 4. The molecule has 1 aliphatic carbocycles. The standard InChI is InChI=1S/C31H29IN2O2/c1-4-15-36-31-27(32)17-21(18-29(31)35-5-2)19-33-23-12-10-22(11-13-23)30-25-8-6-7-24(25)26-16-20(3)9-14-28(26)34-30/h1,6-7,9-14,16-19,24-25,30,34H,5,8,15H2,2-3H3/t24-,25+,30+/m1/s1. The molecule has 1 aliphatic heterocycles. The number of terminal acetylenes is 1. The van der Waals surface area contributed by atoms with Gasteiger partial charge in [0.25, 0.3) is 0 Å². The van der Waals surface area contributed by atoms with Gasteiger partial charge >= 0.3 is 0 Å². The average molecular weight is 588 g/mol. The van der Waals surface area contributed by atoms with Gasteiger partial charge in [0.2, 0.25) is 0 Å². The van der Waals surface area contributed by atoms with E-state index in [2.05, 4.69) is 95.4 Å². The maximum Gasteiger partial charge on any atom is 0.175 e. The molecule has 3 atom stereocenters. The van der Waals surface area contributed by atoms with Crippen molar-refractivity contribution in [1.29, 1.82) is 0 Å². The summed E-state index contributed by atoms with van der Waals surface area (Å²) in [7, 11) is 0. The van der Waals surface area contributed by atoms with E-state index in [9.17, 15) is 0 Å². The molecular weight excluding hydrogens is 559 g/mol. The number of anilines is 1. The van der Waals surface area contributed by atoms with Crippen molar-refractivity contribution in [1.82, 2.24) is 0 Å². The molecule has 0 bridgehead atoms. The molecule has 1 N–H and O–H groups in total. The van der Waals surface area contributed by atoms with Gasteiger partial charge in [-0.3, -0.25) is 4.99 Å². The first-order valence-electron chi connectivity index (χ1n) is 12.3. The molecule has 36 heavy (non-hydrogen) atoms. The molecule has 182 valence electrons. The molecule has 0 radical (unpaired) electrons. The largest absolute Gasteiger partial charge is 0.490 e. The Hall–Kier alpha value is -3.24. The second-order valence-electron chi connectivity index (χ2n) is 9.17. The second-order valence-corrected chi connectivity index (χ2v) is 10.3. The Bertz CT molecular complexity index is 1350. The average Bonchev–Trinajstić information content (AvgIpc) is 3.38. The molecule has 0 spiro atoms. The summed E-state index contributed by atoms with van der Waals surface area (Å²) in [6, 6.07) is 19.6. The van der Waals surface area contributed by atoms with Crippen LogP contribution in [0.25, 0.3) is 0 Å². The van der Waals surface area contributed by atoms with Gasteiger partial charge in [-0.15, -0.1) is 6.42 Å². The van der Waals surface area contributed by atoms with Crippen LogP contribution in [0.3, 0.4) is 0 Å². The highest BCUT2D eigenvalue weighted by Crippen LogP contribution is 2.50. The lowest BCUT2D eigenvalue weighted by Crippen LogP contribution is -2.29. The van der Waals surface area contributed by atoms with Gasteiger partial charge in [-0.25, -0.2) is 0 Å². The highest BCUT2D eigenvalue weighted by molar-refractivity contribution is 14.1. The zero-order chi connectivity index (χ0) is 25.1. The van der Waals surface area contributed by atoms with Crippen molar-refractivity contribution >= 4 is 40.2 Å². The van der Waals surface area contributed by atoms with E-state index in [-0.39, 0.29) is 12.6 Å². The van der Waals surface area contributed by atoms with E-state index in [4.69, 9.17) is 20.9 Å². The molecule has 3 aromatic rings. The van der Waals surface area contributed by atoms with Crippen LogP contribution >= 0.6 is 22.6 Å². The van der Waals surface area contributed by atoms with Crippen molar-refractivity contribution in [2.75, 3.05) is 18.5 Å². The third kappa shape index (κ3) is 5.01. The van der Waals surface area contributed by atoms with Gasteiger partial charge in [0.05, 0.1) is 21.9 Å². The summed E-state index contributed by atoms with van der Waals surface area (Å²) in [4.78, 5) is 4.72. The van der Waals surface area contributed by atoms with Crippen LogP contribution < -0.4 is 14.8 Å². The number of nitrogens with zero attached hydrogens (tertiary/aromatic N) is 1. The Morgan fingerprint density at radius 3 is 2.75 bits per heavy atom. The lowest BCUT2D eigenvalue weighted by molar-refractivity contribution is 0.298. The zero-order valence-electron chi connectivity index (χ0n) is 20.5. The molecule has 0 unspecified atom stereocenters. The van der Waals surface area contributed by atoms with Crippen LogP contribution in [-0.2, 0) is 0 Å². The predicted molar refractivity (Wildman–Crippen MR) is 156 cm³/mol. The van der Waals surface area contributed by atoms with E-state index in [1.165, 1.54) is 22.4 Å². The minimum Gasteiger partial charge on any atom is -0.490 e. The van der Waals surface area contributed by atoms with Gasteiger partial charge in [0, 0.05) is 17.8 Å². The maximum atomic E-state index is 5.78. The predicted octanol–water partition coefficient (Wildman–Crippen LogP) is 7.59. The van der Waals surface area contributed by atoms with Gasteiger partial charge < -0.3 is 14.8 Å². The summed E-state index contributed by atoms with van der Waals surface area (Å²) < 4.78 is 12.4. The number of rotatable bonds is 7. The number of aliphatic imine (C=N–C) groups is 1. The topological polar surface area (TPSA) is 42.8 Å². The Morgan fingerprint density at radius 2 is 1.97 bits per heavy atom. The molecule has 4 nitrogen and oxygen atoms in total. The van der Waals surface area contributed by atoms with Gasteiger partial charge in [-0.2, -0.15) is 0 Å². The normalized spacial score (nSPS) is 19.9. The zero-order valence-corrected chi connectivity index (χ0v) is 22.7. The summed E-state index contributed by atoms with van der Waals surface area (Å²) in [5, 5.41) is 3.82. The second kappa shape index (κ2) is 10.8. The molecule has 0 saturated carbocycles. The van der Waals surface area contributed by atoms with Crippen LogP contribution in [0.15, 0.2) is 71.7 Å². The van der Waals surface area contributed by atoms with Crippen molar-refractivity contribution < 1.29 is 9.47 Å². The number of aryl methyl sites for hydroxylation is 1. The number of hydrogen-bond donors (Lipinski definition) is 1. The maximum absolute atomic E-state index is 5.78. The van der Waals surface area contributed by atoms with Crippen molar-refractivity contribution in [2.45, 2.75) is 32.2 Å². The fourth-order valence-electron chi connectivity index (χ4n) is 5.14. The van der Waals surface area contributed by atoms with Crippen molar-refractivity contribution in [2.24, 2.45) is 10.9 Å². The number of nitrogens with one attached hydrogen (secondary N) is 1. The van der Waals surface area contributed by atoms with Crippen molar-refractivity contribution in [3.8, 4) is 23.8 Å². The molecule has 5 heteroatoms. The highest BCUT2D eigenvalue weighted by Gasteiger charge is 2.37. The lowest BCUT2D eigenvalue weighted by Gasteiger charge is -2.37. The minimum absolute atomic E-state index is 0.203. The van der Waals surface area contributed by atoms with Crippen LogP contribution in [0.5, 0.6) is 11.5 Å². The molecule has 0 amide bonds. The summed E-state index contributed by atoms with van der Waals surface area (Å²) in [5.41, 5.74) is 7.13. The van der Waals surface area contributed by atoms with Crippen LogP contribution in [0.4, 0.5) is 11.4 Å². The van der Waals surface area contributed by atoms with Gasteiger partial charge in [0.15, 0.2) is 11.5 Å². The van der Waals surface area contributed by atoms with Crippen LogP contribution in [0.1, 0.15) is 47.6 Å². The van der Waals surface area contributed by atoms with Crippen molar-refractivity contribution in [3.05, 3.63) is 92.6 Å². The first-order valence-corrected chi connectivity index (χ1v) is 13.4. The van der Waals surface area contributed by atoms with E-state index in [0.717, 1.165) is 21.2 Å². The number of ether oxygens (including phenoxy) is 2. The third-order valence-electron chi connectivity index (χ3n) is 6.76. The smallest absolute Gasteiger partial charge is 0.175 e. The van der Waals surface area contributed by atoms with Gasteiger partial charge in [-0.05, 0) is 95.8 Å². The molecule has 2 aliphatic rings. The lowest BCUT2D eigenvalue weighted by atomic mass is 9.76. The molecule has 5 rings (SSSR count). The Balaban J connectivity index is 1.35. The first-order chi connectivity index (χ1) is 17.6. The fourth-order valence-corrected chi connectivity index (χ4v) is 5.92. The van der Waals surface area contributed by atoms with Crippen LogP contribution in [-0.4, -0.2) is 19.4 Å². The Morgan fingerprint density at radius 1 is 1.14 bits per heavy atom. The van der Waals surface area contributed by atoms with E-state index >= 15 is 0 Å². The summed E-state index contributed by atoms with van der Waals surface area (Å²) in [5.74, 6) is 4.86. The van der Waals surface area contributed by atoms with E-state index in [1.807, 2.05) is 25.3 Å². The van der Waals surface area contributed by atoms with Crippen LogP contribution in [0, 0.1) is 28.8 Å². The molecule has 1 heterocycles. The highest BCUT2D eigenvalue weighted by atomic mass is 127. The number of halogens is 1. The third-order valence-corrected chi connectivity index (χ3v) is 7.57. The number of allylic oxidation sites excluding steroid dienone is 2. The molecule has 0 aromatic heterocycles. The summed E-state index contributed by atoms with van der Waals surface area (Å²) >= 11 is 2.24. The molecular formula is C31H29IN2O2. The molecule has 0 fully saturated rings. The van der Waals surface area contributed by atoms with Crippen LogP contribution in [0.2, 0.25) is 0 Å². The Kier molecular flexibility index (Phi) is 7.33. The summed E-state index contributed by atoms with van der Waals surface area (Å²) in [6.45, 7) is 4.86. The van der Waals surface area contributed by atoms with Gasteiger partial charge in [0.1, 0.15) is 6.61 Å². The molecule has 3 aromatic carbocycles. The monoisotopic (exact) mass is 588 g/mol. The summed E-state index contributed by atoms with van der Waals surface area (Å²) in [6.07, 6.45) is 13.0. The SMILES string of the molecule is C#CCOc1c(I)cc(C=Nc2ccc([C@@H]3Nc4ccc(C)cc4[C@@H]4C=CC[C@@H]43)cc2)cc1OCC. The quantitative estimate of drug-likeness (QED) is 0.134. The van der Waals surface area contributed by atoms with E-state index < -0.39 is 0 Å². The Labute approximate surface area is 227 Å². The number of benzene rings is 3.